The SMILES string of the molecule is CC1(c2ccc(O)cc2F)NC(=O)NC1=O. The van der Waals surface area contributed by atoms with Crippen molar-refractivity contribution >= 4 is 11.9 Å². The number of carbonyl (C=O) groups is 2. The first-order chi connectivity index (χ1) is 7.43. The van der Waals surface area contributed by atoms with Gasteiger partial charge in [-0.1, -0.05) is 0 Å². The lowest BCUT2D eigenvalue weighted by Crippen LogP contribution is -2.41. The Morgan fingerprint density at radius 2 is 2.06 bits per heavy atom. The fourth-order valence-corrected chi connectivity index (χ4v) is 1.64. The van der Waals surface area contributed by atoms with E-state index in [2.05, 4.69) is 5.32 Å². The van der Waals surface area contributed by atoms with E-state index in [-0.39, 0.29) is 11.3 Å². The van der Waals surface area contributed by atoms with Gasteiger partial charge in [-0.3, -0.25) is 10.1 Å². The van der Waals surface area contributed by atoms with Crippen molar-refractivity contribution in [3.05, 3.63) is 29.6 Å². The number of benzene rings is 1. The van der Waals surface area contributed by atoms with Gasteiger partial charge in [0.1, 0.15) is 17.1 Å². The highest BCUT2D eigenvalue weighted by Gasteiger charge is 2.45. The molecule has 1 aromatic rings. The van der Waals surface area contributed by atoms with E-state index >= 15 is 0 Å². The molecule has 1 heterocycles. The Bertz CT molecular complexity index is 489. The summed E-state index contributed by atoms with van der Waals surface area (Å²) in [7, 11) is 0. The number of hydrogen-bond acceptors (Lipinski definition) is 3. The number of phenolic OH excluding ortho intramolecular Hbond substituents is 1. The molecule has 16 heavy (non-hydrogen) atoms. The molecule has 3 N–H and O–H groups in total. The zero-order valence-corrected chi connectivity index (χ0v) is 8.37. The first-order valence-electron chi connectivity index (χ1n) is 4.56. The van der Waals surface area contributed by atoms with Gasteiger partial charge in [-0.25, -0.2) is 9.18 Å². The van der Waals surface area contributed by atoms with E-state index in [1.807, 2.05) is 5.32 Å². The lowest BCUT2D eigenvalue weighted by molar-refractivity contribution is -0.123. The molecule has 0 aliphatic carbocycles. The van der Waals surface area contributed by atoms with Crippen molar-refractivity contribution in [3.8, 4) is 5.75 Å². The van der Waals surface area contributed by atoms with Gasteiger partial charge >= 0.3 is 6.03 Å². The van der Waals surface area contributed by atoms with E-state index in [0.29, 0.717) is 0 Å². The highest BCUT2D eigenvalue weighted by Crippen LogP contribution is 2.28. The molecule has 3 amide bonds. The van der Waals surface area contributed by atoms with Crippen molar-refractivity contribution in [1.82, 2.24) is 10.6 Å². The van der Waals surface area contributed by atoms with Gasteiger partial charge in [0.15, 0.2) is 0 Å². The maximum Gasteiger partial charge on any atom is 0.322 e. The maximum absolute atomic E-state index is 13.6. The average Bonchev–Trinajstić information content (AvgIpc) is 2.40. The number of imide groups is 1. The molecule has 0 saturated carbocycles. The lowest BCUT2D eigenvalue weighted by atomic mass is 9.92. The molecular formula is C10H9FN2O3. The number of phenols is 1. The second-order valence-electron chi connectivity index (χ2n) is 3.70. The van der Waals surface area contributed by atoms with Crippen LogP contribution >= 0.6 is 0 Å². The van der Waals surface area contributed by atoms with Crippen LogP contribution in [0, 0.1) is 5.82 Å². The maximum atomic E-state index is 13.6. The number of urea groups is 1. The third-order valence-corrected chi connectivity index (χ3v) is 2.54. The predicted molar refractivity (Wildman–Crippen MR) is 52.1 cm³/mol. The number of amides is 3. The molecule has 2 rings (SSSR count). The van der Waals surface area contributed by atoms with Gasteiger partial charge in [0.25, 0.3) is 5.91 Å². The van der Waals surface area contributed by atoms with Crippen LogP contribution in [0.4, 0.5) is 9.18 Å². The number of hydrogen-bond donors (Lipinski definition) is 3. The summed E-state index contributed by atoms with van der Waals surface area (Å²) in [5.41, 5.74) is -1.43. The number of nitrogens with one attached hydrogen (secondary N) is 2. The van der Waals surface area contributed by atoms with Crippen molar-refractivity contribution in [1.29, 1.82) is 0 Å². The largest absolute Gasteiger partial charge is 0.508 e. The van der Waals surface area contributed by atoms with Crippen LogP contribution in [0.25, 0.3) is 0 Å². The summed E-state index contributed by atoms with van der Waals surface area (Å²) in [5, 5.41) is 13.4. The normalized spacial score (nSPS) is 24.1. The first-order valence-corrected chi connectivity index (χ1v) is 4.56. The van der Waals surface area contributed by atoms with E-state index in [4.69, 9.17) is 5.11 Å². The van der Waals surface area contributed by atoms with Crippen LogP contribution in [-0.2, 0) is 10.3 Å². The standard InChI is InChI=1S/C10H9FN2O3/c1-10(8(15)12-9(16)13-10)6-3-2-5(14)4-7(6)11/h2-4,14H,1H3,(H2,12,13,15,16). The Balaban J connectivity index is 2.51. The Labute approximate surface area is 90.3 Å². The Kier molecular flexibility index (Phi) is 2.08. The topological polar surface area (TPSA) is 78.4 Å². The van der Waals surface area contributed by atoms with E-state index in [1.165, 1.54) is 19.1 Å². The second kappa shape index (κ2) is 3.19. The molecule has 0 spiro atoms. The van der Waals surface area contributed by atoms with Crippen LogP contribution in [0.2, 0.25) is 0 Å². The highest BCUT2D eigenvalue weighted by atomic mass is 19.1. The molecule has 1 unspecified atom stereocenters. The molecule has 1 atom stereocenters. The number of halogens is 1. The molecule has 0 radical (unpaired) electrons. The van der Waals surface area contributed by atoms with Gasteiger partial charge in [-0.15, -0.1) is 0 Å². The Morgan fingerprint density at radius 1 is 1.38 bits per heavy atom. The fraction of sp³-hybridized carbons (Fsp3) is 0.200. The minimum atomic E-state index is -1.44. The van der Waals surface area contributed by atoms with E-state index in [9.17, 15) is 14.0 Å². The minimum absolute atomic E-state index is 0.00801. The van der Waals surface area contributed by atoms with Crippen molar-refractivity contribution < 1.29 is 19.1 Å². The third kappa shape index (κ3) is 1.39. The predicted octanol–water partition coefficient (Wildman–Crippen LogP) is 0.586. The molecule has 0 aromatic heterocycles. The van der Waals surface area contributed by atoms with Crippen LogP contribution in [-0.4, -0.2) is 17.0 Å². The quantitative estimate of drug-likeness (QED) is 0.611. The molecule has 84 valence electrons. The van der Waals surface area contributed by atoms with Gasteiger partial charge in [-0.2, -0.15) is 0 Å². The van der Waals surface area contributed by atoms with Crippen molar-refractivity contribution in [2.45, 2.75) is 12.5 Å². The van der Waals surface area contributed by atoms with Crippen LogP contribution in [0.3, 0.4) is 0 Å². The molecular weight excluding hydrogens is 215 g/mol. The molecule has 1 aliphatic rings. The zero-order chi connectivity index (χ0) is 11.9. The summed E-state index contributed by atoms with van der Waals surface area (Å²) in [6, 6.07) is 2.73. The molecule has 1 saturated heterocycles. The van der Waals surface area contributed by atoms with E-state index in [0.717, 1.165) is 6.07 Å². The zero-order valence-electron chi connectivity index (χ0n) is 8.37. The first kappa shape index (κ1) is 10.4. The molecule has 5 nitrogen and oxygen atoms in total. The van der Waals surface area contributed by atoms with Crippen molar-refractivity contribution in [2.24, 2.45) is 0 Å². The molecule has 6 heteroatoms. The monoisotopic (exact) mass is 224 g/mol. The van der Waals surface area contributed by atoms with Crippen molar-refractivity contribution in [2.75, 3.05) is 0 Å². The Hall–Kier alpha value is -2.11. The summed E-state index contributed by atoms with van der Waals surface area (Å²) < 4.78 is 13.6. The molecule has 0 bridgehead atoms. The average molecular weight is 224 g/mol. The van der Waals surface area contributed by atoms with Gasteiger partial charge in [0.2, 0.25) is 0 Å². The highest BCUT2D eigenvalue weighted by molar-refractivity contribution is 6.07. The van der Waals surface area contributed by atoms with Crippen molar-refractivity contribution in [3.63, 3.8) is 0 Å². The molecule has 1 aromatic carbocycles. The van der Waals surface area contributed by atoms with Gasteiger partial charge in [0.05, 0.1) is 0 Å². The summed E-state index contributed by atoms with van der Waals surface area (Å²) in [6.45, 7) is 1.39. The molecule has 1 fully saturated rings. The Morgan fingerprint density at radius 3 is 2.56 bits per heavy atom. The third-order valence-electron chi connectivity index (χ3n) is 2.54. The fourth-order valence-electron chi connectivity index (χ4n) is 1.64. The second-order valence-corrected chi connectivity index (χ2v) is 3.70. The van der Waals surface area contributed by atoms with Gasteiger partial charge < -0.3 is 10.4 Å². The number of aromatic hydroxyl groups is 1. The van der Waals surface area contributed by atoms with Gasteiger partial charge in [0, 0.05) is 11.6 Å². The molecule has 1 aliphatic heterocycles. The minimum Gasteiger partial charge on any atom is -0.508 e. The summed E-state index contributed by atoms with van der Waals surface area (Å²) >= 11 is 0. The number of carbonyl (C=O) groups excluding carboxylic acids is 2. The van der Waals surface area contributed by atoms with E-state index in [1.54, 1.807) is 0 Å². The van der Waals surface area contributed by atoms with Crippen LogP contribution in [0.5, 0.6) is 5.75 Å². The van der Waals surface area contributed by atoms with Crippen LogP contribution in [0.1, 0.15) is 12.5 Å². The summed E-state index contributed by atoms with van der Waals surface area (Å²) in [4.78, 5) is 22.5. The van der Waals surface area contributed by atoms with Crippen LogP contribution in [0.15, 0.2) is 18.2 Å². The van der Waals surface area contributed by atoms with Gasteiger partial charge in [-0.05, 0) is 19.1 Å². The summed E-state index contributed by atoms with van der Waals surface area (Å²) in [5.74, 6) is -1.61. The lowest BCUT2D eigenvalue weighted by Gasteiger charge is -2.21. The smallest absolute Gasteiger partial charge is 0.322 e. The summed E-state index contributed by atoms with van der Waals surface area (Å²) in [6.07, 6.45) is 0. The van der Waals surface area contributed by atoms with E-state index < -0.39 is 23.3 Å². The van der Waals surface area contributed by atoms with Crippen LogP contribution < -0.4 is 10.6 Å². The number of rotatable bonds is 1.